The summed E-state index contributed by atoms with van der Waals surface area (Å²) in [6.07, 6.45) is 5.43. The number of nitriles is 1. The lowest BCUT2D eigenvalue weighted by Crippen LogP contribution is -2.13. The molecule has 150 valence electrons. The van der Waals surface area contributed by atoms with Crippen molar-refractivity contribution in [1.29, 1.82) is 5.26 Å². The van der Waals surface area contributed by atoms with E-state index in [4.69, 9.17) is 4.52 Å². The summed E-state index contributed by atoms with van der Waals surface area (Å²) in [5.41, 5.74) is 6.64. The number of hydrogen-bond acceptors (Lipinski definition) is 5. The minimum Gasteiger partial charge on any atom is -0.361 e. The van der Waals surface area contributed by atoms with Crippen LogP contribution in [0.1, 0.15) is 34.3 Å². The Kier molecular flexibility index (Phi) is 4.57. The first-order valence-corrected chi connectivity index (χ1v) is 9.97. The summed E-state index contributed by atoms with van der Waals surface area (Å²) >= 11 is 0. The molecule has 5 rings (SSSR count). The van der Waals surface area contributed by atoms with Crippen LogP contribution >= 0.6 is 0 Å². The summed E-state index contributed by atoms with van der Waals surface area (Å²) in [7, 11) is 0. The molecule has 0 N–H and O–H groups in total. The molecule has 0 aliphatic rings. The minimum absolute atomic E-state index is 0.200. The third-order valence-corrected chi connectivity index (χ3v) is 5.47. The van der Waals surface area contributed by atoms with Gasteiger partial charge in [-0.1, -0.05) is 41.6 Å². The fourth-order valence-electron chi connectivity index (χ4n) is 4.10. The van der Waals surface area contributed by atoms with Gasteiger partial charge in [0.25, 0.3) is 0 Å². The summed E-state index contributed by atoms with van der Waals surface area (Å²) in [5, 5.41) is 13.8. The van der Waals surface area contributed by atoms with Crippen LogP contribution in [-0.2, 0) is 0 Å². The summed E-state index contributed by atoms with van der Waals surface area (Å²) in [5.74, 6) is 0.738. The van der Waals surface area contributed by atoms with Crippen LogP contribution in [0, 0.1) is 25.2 Å². The lowest BCUT2D eigenvalue weighted by atomic mass is 10.0. The molecule has 5 aromatic rings. The summed E-state index contributed by atoms with van der Waals surface area (Å²) in [6, 6.07) is 20.2. The van der Waals surface area contributed by atoms with Gasteiger partial charge in [-0.05, 0) is 37.6 Å². The van der Waals surface area contributed by atoms with Gasteiger partial charge in [-0.3, -0.25) is 9.97 Å². The Morgan fingerprint density at radius 1 is 1.03 bits per heavy atom. The second-order valence-electron chi connectivity index (χ2n) is 7.42. The van der Waals surface area contributed by atoms with E-state index in [-0.39, 0.29) is 6.04 Å². The molecular formula is C25H19N5O. The largest absolute Gasteiger partial charge is 0.361 e. The van der Waals surface area contributed by atoms with E-state index in [9.17, 15) is 5.26 Å². The number of hydrogen-bond donors (Lipinski definition) is 0. The highest BCUT2D eigenvalue weighted by Gasteiger charge is 2.23. The molecule has 0 bridgehead atoms. The molecule has 0 spiro atoms. The van der Waals surface area contributed by atoms with Crippen LogP contribution in [-0.4, -0.2) is 19.7 Å². The summed E-state index contributed by atoms with van der Waals surface area (Å²) < 4.78 is 7.44. The summed E-state index contributed by atoms with van der Waals surface area (Å²) in [6.45, 7) is 3.80. The molecule has 4 heterocycles. The fourth-order valence-corrected chi connectivity index (χ4v) is 4.10. The van der Waals surface area contributed by atoms with E-state index in [2.05, 4.69) is 44.0 Å². The predicted octanol–water partition coefficient (Wildman–Crippen LogP) is 5.21. The fraction of sp³-hybridized carbons (Fsp3) is 0.120. The monoisotopic (exact) mass is 405 g/mol. The minimum atomic E-state index is -0.200. The average Bonchev–Trinajstić information content (AvgIpc) is 3.34. The maximum absolute atomic E-state index is 9.77. The maximum Gasteiger partial charge on any atom is 0.141 e. The van der Waals surface area contributed by atoms with Crippen molar-refractivity contribution in [3.63, 3.8) is 0 Å². The van der Waals surface area contributed by atoms with Gasteiger partial charge in [0, 0.05) is 29.7 Å². The molecule has 1 aromatic carbocycles. The number of aromatic nitrogens is 4. The van der Waals surface area contributed by atoms with E-state index in [0.717, 1.165) is 39.4 Å². The highest BCUT2D eigenvalue weighted by atomic mass is 16.5. The van der Waals surface area contributed by atoms with Gasteiger partial charge < -0.3 is 9.09 Å². The van der Waals surface area contributed by atoms with Crippen LogP contribution in [0.15, 0.2) is 77.7 Å². The quantitative estimate of drug-likeness (QED) is 0.410. The topological polar surface area (TPSA) is 80.5 Å². The zero-order valence-corrected chi connectivity index (χ0v) is 17.1. The Morgan fingerprint density at radius 3 is 2.52 bits per heavy atom. The lowest BCUT2D eigenvalue weighted by Gasteiger charge is -2.20. The molecule has 6 heteroatoms. The predicted molar refractivity (Wildman–Crippen MR) is 117 cm³/mol. The smallest absolute Gasteiger partial charge is 0.141 e. The van der Waals surface area contributed by atoms with Gasteiger partial charge in [-0.2, -0.15) is 5.26 Å². The molecule has 0 aliphatic carbocycles. The normalized spacial score (nSPS) is 12.0. The molecule has 0 saturated heterocycles. The Morgan fingerprint density at radius 2 is 1.84 bits per heavy atom. The van der Waals surface area contributed by atoms with Crippen LogP contribution in [0.4, 0.5) is 0 Å². The SMILES string of the molecule is Cc1noc(C)c1-c1cnc2c(C#N)cn(C(c3ccccc3)c3ccccn3)c2c1. The van der Waals surface area contributed by atoms with E-state index in [0.29, 0.717) is 11.1 Å². The first kappa shape index (κ1) is 18.8. The van der Waals surface area contributed by atoms with Crippen molar-refractivity contribution in [1.82, 2.24) is 19.7 Å². The lowest BCUT2D eigenvalue weighted by molar-refractivity contribution is 0.393. The van der Waals surface area contributed by atoms with Crippen molar-refractivity contribution in [2.75, 3.05) is 0 Å². The highest BCUT2D eigenvalue weighted by molar-refractivity contribution is 5.87. The van der Waals surface area contributed by atoms with E-state index < -0.39 is 0 Å². The molecule has 1 unspecified atom stereocenters. The molecule has 6 nitrogen and oxygen atoms in total. The van der Waals surface area contributed by atoms with Crippen LogP contribution in [0.3, 0.4) is 0 Å². The number of pyridine rings is 2. The Hall–Kier alpha value is -4.24. The van der Waals surface area contributed by atoms with Crippen molar-refractivity contribution in [3.05, 3.63) is 101 Å². The van der Waals surface area contributed by atoms with Crippen LogP contribution < -0.4 is 0 Å². The van der Waals surface area contributed by atoms with Gasteiger partial charge >= 0.3 is 0 Å². The van der Waals surface area contributed by atoms with E-state index in [1.807, 2.05) is 56.4 Å². The molecule has 0 saturated carbocycles. The highest BCUT2D eigenvalue weighted by Crippen LogP contribution is 2.34. The van der Waals surface area contributed by atoms with Gasteiger partial charge in [-0.25, -0.2) is 0 Å². The third kappa shape index (κ3) is 3.17. The average molecular weight is 405 g/mol. The van der Waals surface area contributed by atoms with Crippen molar-refractivity contribution in [2.24, 2.45) is 0 Å². The molecule has 0 fully saturated rings. The second-order valence-corrected chi connectivity index (χ2v) is 7.42. The van der Waals surface area contributed by atoms with Crippen LogP contribution in [0.5, 0.6) is 0 Å². The van der Waals surface area contributed by atoms with Gasteiger partial charge in [0.05, 0.1) is 22.5 Å². The maximum atomic E-state index is 9.77. The van der Waals surface area contributed by atoms with Crippen molar-refractivity contribution < 1.29 is 4.52 Å². The van der Waals surface area contributed by atoms with Gasteiger partial charge in [0.15, 0.2) is 0 Å². The third-order valence-electron chi connectivity index (χ3n) is 5.47. The Bertz CT molecular complexity index is 1350. The Balaban J connectivity index is 1.80. The molecular weight excluding hydrogens is 386 g/mol. The molecule has 4 aromatic heterocycles. The molecule has 1 atom stereocenters. The van der Waals surface area contributed by atoms with Gasteiger partial charge in [0.1, 0.15) is 23.4 Å². The number of aryl methyl sites for hydroxylation is 2. The molecule has 0 amide bonds. The van der Waals surface area contributed by atoms with Crippen LogP contribution in [0.2, 0.25) is 0 Å². The summed E-state index contributed by atoms with van der Waals surface area (Å²) in [4.78, 5) is 9.27. The van der Waals surface area contributed by atoms with E-state index >= 15 is 0 Å². The number of benzene rings is 1. The van der Waals surface area contributed by atoms with Crippen LogP contribution in [0.25, 0.3) is 22.2 Å². The van der Waals surface area contributed by atoms with Gasteiger partial charge in [0.2, 0.25) is 0 Å². The molecule has 0 aliphatic heterocycles. The first-order valence-electron chi connectivity index (χ1n) is 9.97. The van der Waals surface area contributed by atoms with E-state index in [1.54, 1.807) is 12.4 Å². The van der Waals surface area contributed by atoms with Crippen molar-refractivity contribution in [2.45, 2.75) is 19.9 Å². The number of fused-ring (bicyclic) bond motifs is 1. The van der Waals surface area contributed by atoms with Crippen molar-refractivity contribution >= 4 is 11.0 Å². The number of nitrogens with zero attached hydrogens (tertiary/aromatic N) is 5. The zero-order valence-electron chi connectivity index (χ0n) is 17.1. The second kappa shape index (κ2) is 7.54. The van der Waals surface area contributed by atoms with Crippen molar-refractivity contribution in [3.8, 4) is 17.2 Å². The zero-order chi connectivity index (χ0) is 21.4. The number of rotatable bonds is 4. The van der Waals surface area contributed by atoms with Gasteiger partial charge in [-0.15, -0.1) is 0 Å². The van der Waals surface area contributed by atoms with E-state index in [1.165, 1.54) is 0 Å². The first-order chi connectivity index (χ1) is 15.2. The standard InChI is InChI=1S/C25H19N5O/c1-16-23(17(2)31-29-16)19-12-22-24(28-14-19)20(13-26)15-30(22)25(18-8-4-3-5-9-18)21-10-6-7-11-27-21/h3-12,14-15,25H,1-2H3. The molecule has 31 heavy (non-hydrogen) atoms. The molecule has 0 radical (unpaired) electrons. The Labute approximate surface area is 179 Å².